The van der Waals surface area contributed by atoms with E-state index < -0.39 is 0 Å². The van der Waals surface area contributed by atoms with E-state index in [2.05, 4.69) is 15.0 Å². The minimum absolute atomic E-state index is 0.128. The molecule has 36 heavy (non-hydrogen) atoms. The number of hydrogen-bond donors (Lipinski definition) is 1. The number of hydrogen-bond acceptors (Lipinski definition) is 7. The zero-order chi connectivity index (χ0) is 26.3. The van der Waals surface area contributed by atoms with Crippen LogP contribution < -0.4 is 15.9 Å². The number of methoxy groups -OCH3 is 1. The molecule has 0 radical (unpaired) electrons. The Morgan fingerprint density at radius 3 is 2.58 bits per heavy atom. The molecule has 1 aromatic carbocycles. The van der Waals surface area contributed by atoms with Crippen molar-refractivity contribution in [3.05, 3.63) is 72.6 Å². The molecule has 186 valence electrons. The molecule has 0 saturated carbocycles. The summed E-state index contributed by atoms with van der Waals surface area (Å²) < 4.78 is 8.11. The Hall–Kier alpha value is -3.25. The van der Waals surface area contributed by atoms with Gasteiger partial charge in [-0.25, -0.2) is 9.97 Å². The van der Waals surface area contributed by atoms with Crippen LogP contribution in [0.15, 0.2) is 41.7 Å². The highest BCUT2D eigenvalue weighted by Gasteiger charge is 2.23. The van der Waals surface area contributed by atoms with Crippen molar-refractivity contribution in [1.29, 1.82) is 0 Å². The van der Waals surface area contributed by atoms with E-state index in [1.54, 1.807) is 39.7 Å². The maximum absolute atomic E-state index is 12.7. The lowest BCUT2D eigenvalue weighted by molar-refractivity contribution is 0.0822. The van der Waals surface area contributed by atoms with E-state index in [0.29, 0.717) is 25.7 Å². The summed E-state index contributed by atoms with van der Waals surface area (Å²) in [5.41, 5.74) is 9.68. The van der Waals surface area contributed by atoms with Crippen molar-refractivity contribution in [3.8, 4) is 16.9 Å². The molecule has 0 bridgehead atoms. The molecule has 2 N–H and O–H groups in total. The summed E-state index contributed by atoms with van der Waals surface area (Å²) in [6, 6.07) is 5.06. The molecule has 0 aliphatic heterocycles. The lowest BCUT2D eigenvalue weighted by Gasteiger charge is -2.23. The van der Waals surface area contributed by atoms with Gasteiger partial charge in [-0.2, -0.15) is 0 Å². The van der Waals surface area contributed by atoms with Gasteiger partial charge in [-0.1, -0.05) is 17.7 Å². The van der Waals surface area contributed by atoms with Gasteiger partial charge in [0.15, 0.2) is 0 Å². The summed E-state index contributed by atoms with van der Waals surface area (Å²) in [5, 5.41) is 0.807. The zero-order valence-electron chi connectivity index (χ0n) is 20.3. The van der Waals surface area contributed by atoms with E-state index in [-0.39, 0.29) is 28.6 Å². The minimum Gasteiger partial charge on any atom is -0.496 e. The van der Waals surface area contributed by atoms with Gasteiger partial charge in [0.1, 0.15) is 34.6 Å². The van der Waals surface area contributed by atoms with Gasteiger partial charge in [0.05, 0.1) is 16.7 Å². The normalized spacial score (nSPS) is 12.0. The van der Waals surface area contributed by atoms with Crippen LogP contribution in [0.25, 0.3) is 22.2 Å². The second-order valence-corrected chi connectivity index (χ2v) is 10.0. The number of ether oxygens (including phenoxy) is 1. The number of anilines is 1. The SMILES string of the molecule is COc1cc(C(C)n2cc(I)c(=O)c3c(N)ncnc32)c(Cl)c(C)c1-c1ccc(C(=O)N(C)C)nc1. The molecule has 0 aliphatic rings. The van der Waals surface area contributed by atoms with Crippen LogP contribution in [0.3, 0.4) is 0 Å². The van der Waals surface area contributed by atoms with Gasteiger partial charge >= 0.3 is 0 Å². The number of carbonyl (C=O) groups is 1. The monoisotopic (exact) mass is 618 g/mol. The lowest BCUT2D eigenvalue weighted by atomic mass is 9.95. The Bertz CT molecular complexity index is 1550. The Morgan fingerprint density at radius 1 is 1.25 bits per heavy atom. The number of rotatable bonds is 5. The van der Waals surface area contributed by atoms with Crippen LogP contribution in [-0.2, 0) is 0 Å². The zero-order valence-corrected chi connectivity index (χ0v) is 23.2. The summed E-state index contributed by atoms with van der Waals surface area (Å²) in [4.78, 5) is 39.1. The Morgan fingerprint density at radius 2 is 1.97 bits per heavy atom. The molecule has 0 saturated heterocycles. The van der Waals surface area contributed by atoms with Crippen molar-refractivity contribution in [3.63, 3.8) is 0 Å². The first kappa shape index (κ1) is 25.8. The Kier molecular flexibility index (Phi) is 7.19. The third-order valence-corrected chi connectivity index (χ3v) is 7.32. The first-order valence-corrected chi connectivity index (χ1v) is 12.4. The average Bonchev–Trinajstić information content (AvgIpc) is 2.86. The van der Waals surface area contributed by atoms with Crippen LogP contribution in [0.5, 0.6) is 5.75 Å². The predicted octanol–water partition coefficient (Wildman–Crippen LogP) is 4.32. The third-order valence-electron chi connectivity index (χ3n) is 6.05. The van der Waals surface area contributed by atoms with Crippen molar-refractivity contribution in [2.24, 2.45) is 0 Å². The minimum atomic E-state index is -0.316. The molecule has 3 aromatic heterocycles. The highest BCUT2D eigenvalue weighted by molar-refractivity contribution is 14.1. The van der Waals surface area contributed by atoms with Gasteiger partial charge in [-0.05, 0) is 59.7 Å². The summed E-state index contributed by atoms with van der Waals surface area (Å²) >= 11 is 8.91. The fourth-order valence-electron chi connectivity index (χ4n) is 4.12. The number of pyridine rings is 2. The van der Waals surface area contributed by atoms with Gasteiger partial charge < -0.3 is 19.9 Å². The highest BCUT2D eigenvalue weighted by Crippen LogP contribution is 2.42. The summed E-state index contributed by atoms with van der Waals surface area (Å²) in [7, 11) is 4.94. The van der Waals surface area contributed by atoms with Crippen molar-refractivity contribution < 1.29 is 9.53 Å². The topological polar surface area (TPSA) is 116 Å². The molecule has 1 atom stereocenters. The van der Waals surface area contributed by atoms with E-state index in [1.165, 1.54) is 11.2 Å². The average molecular weight is 619 g/mol. The Balaban J connectivity index is 1.87. The molecule has 1 unspecified atom stereocenters. The van der Waals surface area contributed by atoms with Gasteiger partial charge in [0, 0.05) is 42.6 Å². The first-order valence-electron chi connectivity index (χ1n) is 10.9. The number of nitrogen functional groups attached to an aromatic ring is 1. The van der Waals surface area contributed by atoms with E-state index in [4.69, 9.17) is 22.1 Å². The van der Waals surface area contributed by atoms with E-state index >= 15 is 0 Å². The van der Waals surface area contributed by atoms with E-state index in [1.807, 2.05) is 53.1 Å². The van der Waals surface area contributed by atoms with Crippen LogP contribution >= 0.6 is 34.2 Å². The summed E-state index contributed by atoms with van der Waals surface area (Å²) in [5.74, 6) is 0.546. The van der Waals surface area contributed by atoms with Crippen LogP contribution in [0, 0.1) is 10.5 Å². The molecular weight excluding hydrogens is 595 g/mol. The molecular formula is C25H24ClIN6O3. The smallest absolute Gasteiger partial charge is 0.271 e. The molecule has 1 amide bonds. The number of nitrogens with zero attached hydrogens (tertiary/aromatic N) is 5. The molecule has 3 heterocycles. The van der Waals surface area contributed by atoms with Crippen LogP contribution in [-0.4, -0.2) is 51.5 Å². The number of carbonyl (C=O) groups excluding carboxylic acids is 1. The van der Waals surface area contributed by atoms with Gasteiger partial charge in [-0.15, -0.1) is 0 Å². The number of fused-ring (bicyclic) bond motifs is 1. The third kappa shape index (κ3) is 4.39. The van der Waals surface area contributed by atoms with Crippen molar-refractivity contribution in [2.75, 3.05) is 26.9 Å². The molecule has 0 spiro atoms. The number of halogens is 2. The maximum Gasteiger partial charge on any atom is 0.271 e. The molecule has 4 aromatic rings. The first-order chi connectivity index (χ1) is 17.1. The highest BCUT2D eigenvalue weighted by atomic mass is 127. The number of aromatic nitrogens is 4. The van der Waals surface area contributed by atoms with E-state index in [9.17, 15) is 9.59 Å². The molecule has 0 fully saturated rings. The van der Waals surface area contributed by atoms with E-state index in [0.717, 1.165) is 22.3 Å². The standard InChI is InChI=1S/C25H24ClIN6O3/c1-12-19(14-6-7-17(29-9-14)25(35)32(3)4)18(36-5)8-15(21(12)26)13(2)33-10-16(27)22(34)20-23(28)30-11-31-24(20)33/h6-11,13H,1-5H3,(H2,28,30,31). The fourth-order valence-corrected chi connectivity index (χ4v) is 5.00. The van der Waals surface area contributed by atoms with Gasteiger partial charge in [0.2, 0.25) is 5.43 Å². The summed E-state index contributed by atoms with van der Waals surface area (Å²) in [6.07, 6.45) is 4.71. The number of amides is 1. The van der Waals surface area contributed by atoms with Crippen molar-refractivity contribution in [2.45, 2.75) is 19.9 Å². The summed E-state index contributed by atoms with van der Waals surface area (Å²) in [6.45, 7) is 3.87. The van der Waals surface area contributed by atoms with Crippen LogP contribution in [0.1, 0.15) is 34.6 Å². The number of benzene rings is 1. The molecule has 0 aliphatic carbocycles. The molecule has 11 heteroatoms. The fraction of sp³-hybridized carbons (Fsp3) is 0.240. The molecule has 9 nitrogen and oxygen atoms in total. The predicted molar refractivity (Wildman–Crippen MR) is 149 cm³/mol. The second-order valence-electron chi connectivity index (χ2n) is 8.46. The largest absolute Gasteiger partial charge is 0.496 e. The second kappa shape index (κ2) is 10.0. The maximum atomic E-state index is 12.7. The van der Waals surface area contributed by atoms with Crippen molar-refractivity contribution in [1.82, 2.24) is 24.4 Å². The lowest BCUT2D eigenvalue weighted by Crippen LogP contribution is -2.22. The van der Waals surface area contributed by atoms with Crippen LogP contribution in [0.4, 0.5) is 5.82 Å². The van der Waals surface area contributed by atoms with Gasteiger partial charge in [0.25, 0.3) is 5.91 Å². The van der Waals surface area contributed by atoms with Gasteiger partial charge in [-0.3, -0.25) is 14.6 Å². The van der Waals surface area contributed by atoms with Crippen LogP contribution in [0.2, 0.25) is 5.02 Å². The quantitative estimate of drug-likeness (QED) is 0.331. The molecule has 4 rings (SSSR count). The van der Waals surface area contributed by atoms with Crippen molar-refractivity contribution >= 4 is 57.0 Å². The Labute approximate surface area is 226 Å². The number of nitrogens with two attached hydrogens (primary N) is 1.